The first-order chi connectivity index (χ1) is 11.2. The summed E-state index contributed by atoms with van der Waals surface area (Å²) in [5.74, 6) is 0.911. The molecule has 0 aliphatic carbocycles. The Morgan fingerprint density at radius 3 is 2.48 bits per heavy atom. The number of nitrogens with one attached hydrogen (secondary N) is 1. The zero-order valence-corrected chi connectivity index (χ0v) is 13.6. The molecule has 4 nitrogen and oxygen atoms in total. The number of hydrogen-bond acceptors (Lipinski definition) is 3. The van der Waals surface area contributed by atoms with Crippen LogP contribution in [0.2, 0.25) is 5.02 Å². The maximum atomic E-state index is 12.6. The summed E-state index contributed by atoms with van der Waals surface area (Å²) < 4.78 is 11.0. The highest BCUT2D eigenvalue weighted by molar-refractivity contribution is 6.34. The van der Waals surface area contributed by atoms with Gasteiger partial charge < -0.3 is 14.8 Å². The van der Waals surface area contributed by atoms with Crippen molar-refractivity contribution < 1.29 is 14.3 Å². The van der Waals surface area contributed by atoms with Crippen LogP contribution in [0.15, 0.2) is 42.5 Å². The normalized spacial score (nSPS) is 14.2. The second-order valence-electron chi connectivity index (χ2n) is 5.32. The molecule has 5 heteroatoms. The number of carbonyl (C=O) groups excluding carboxylic acids is 1. The first kappa shape index (κ1) is 15.7. The number of rotatable bonds is 4. The molecule has 0 bridgehead atoms. The van der Waals surface area contributed by atoms with E-state index in [-0.39, 0.29) is 11.9 Å². The maximum absolute atomic E-state index is 12.6. The van der Waals surface area contributed by atoms with Crippen molar-refractivity contribution in [2.75, 3.05) is 13.2 Å². The van der Waals surface area contributed by atoms with E-state index in [1.165, 1.54) is 0 Å². The molecule has 120 valence electrons. The Labute approximate surface area is 140 Å². The summed E-state index contributed by atoms with van der Waals surface area (Å²) in [7, 11) is 0. The molecule has 0 spiro atoms. The second-order valence-corrected chi connectivity index (χ2v) is 5.73. The standard InChI is InChI=1S/C18H18ClNO3/c1-2-15(12-6-4-3-5-7-12)20-18(21)13-10-16-17(11-14(13)19)23-9-8-22-16/h3-7,10-11,15H,2,8-9H2,1H3,(H,20,21). The Balaban J connectivity index is 1.82. The summed E-state index contributed by atoms with van der Waals surface area (Å²) in [5.41, 5.74) is 1.46. The van der Waals surface area contributed by atoms with Crippen molar-refractivity contribution in [3.63, 3.8) is 0 Å². The highest BCUT2D eigenvalue weighted by Crippen LogP contribution is 2.35. The number of fused-ring (bicyclic) bond motifs is 1. The van der Waals surface area contributed by atoms with Gasteiger partial charge in [-0.2, -0.15) is 0 Å². The van der Waals surface area contributed by atoms with Gasteiger partial charge in [0.1, 0.15) is 13.2 Å². The lowest BCUT2D eigenvalue weighted by Crippen LogP contribution is -2.28. The van der Waals surface area contributed by atoms with Gasteiger partial charge in [-0.05, 0) is 18.1 Å². The van der Waals surface area contributed by atoms with Crippen molar-refractivity contribution in [1.29, 1.82) is 0 Å². The van der Waals surface area contributed by atoms with Crippen LogP contribution in [-0.4, -0.2) is 19.1 Å². The summed E-state index contributed by atoms with van der Waals surface area (Å²) in [6.07, 6.45) is 0.790. The van der Waals surface area contributed by atoms with Crippen molar-refractivity contribution in [1.82, 2.24) is 5.32 Å². The Kier molecular flexibility index (Phi) is 4.72. The number of ether oxygens (including phenoxy) is 2. The van der Waals surface area contributed by atoms with Gasteiger partial charge in [-0.25, -0.2) is 0 Å². The third-order valence-electron chi connectivity index (χ3n) is 3.79. The van der Waals surface area contributed by atoms with Crippen molar-refractivity contribution in [2.45, 2.75) is 19.4 Å². The fraction of sp³-hybridized carbons (Fsp3) is 0.278. The topological polar surface area (TPSA) is 47.6 Å². The third kappa shape index (κ3) is 3.42. The lowest BCUT2D eigenvalue weighted by molar-refractivity contribution is 0.0934. The Hall–Kier alpha value is -2.20. The van der Waals surface area contributed by atoms with Crippen molar-refractivity contribution in [3.05, 3.63) is 58.6 Å². The van der Waals surface area contributed by atoms with E-state index in [9.17, 15) is 4.79 Å². The molecule has 0 aromatic heterocycles. The first-order valence-electron chi connectivity index (χ1n) is 7.64. The molecule has 1 N–H and O–H groups in total. The van der Waals surface area contributed by atoms with Crippen molar-refractivity contribution >= 4 is 17.5 Å². The van der Waals surface area contributed by atoms with Gasteiger partial charge in [0, 0.05) is 6.07 Å². The predicted molar refractivity (Wildman–Crippen MR) is 89.4 cm³/mol. The summed E-state index contributed by atoms with van der Waals surface area (Å²) in [5, 5.41) is 3.38. The number of halogens is 1. The maximum Gasteiger partial charge on any atom is 0.253 e. The van der Waals surface area contributed by atoms with Gasteiger partial charge in [0.05, 0.1) is 16.6 Å². The summed E-state index contributed by atoms with van der Waals surface area (Å²) in [6, 6.07) is 13.1. The SMILES string of the molecule is CCC(NC(=O)c1cc2c(cc1Cl)OCCO2)c1ccccc1. The van der Waals surface area contributed by atoms with Crippen LogP contribution in [0.1, 0.15) is 35.3 Å². The van der Waals surface area contributed by atoms with E-state index >= 15 is 0 Å². The smallest absolute Gasteiger partial charge is 0.253 e. The van der Waals surface area contributed by atoms with Crippen molar-refractivity contribution in [3.8, 4) is 11.5 Å². The molecular formula is C18H18ClNO3. The van der Waals surface area contributed by atoms with E-state index in [4.69, 9.17) is 21.1 Å². The average molecular weight is 332 g/mol. The Morgan fingerprint density at radius 1 is 1.17 bits per heavy atom. The molecule has 1 unspecified atom stereocenters. The van der Waals surface area contributed by atoms with Crippen LogP contribution in [0, 0.1) is 0 Å². The van der Waals surface area contributed by atoms with E-state index < -0.39 is 0 Å². The van der Waals surface area contributed by atoms with Crippen LogP contribution in [0.4, 0.5) is 0 Å². The van der Waals surface area contributed by atoms with Gasteiger partial charge in [-0.3, -0.25) is 4.79 Å². The van der Waals surface area contributed by atoms with Gasteiger partial charge in [0.25, 0.3) is 5.91 Å². The molecule has 1 heterocycles. The molecule has 3 rings (SSSR count). The summed E-state index contributed by atoms with van der Waals surface area (Å²) in [6.45, 7) is 2.99. The average Bonchev–Trinajstić information content (AvgIpc) is 2.59. The monoisotopic (exact) mass is 331 g/mol. The fourth-order valence-electron chi connectivity index (χ4n) is 2.58. The number of hydrogen-bond donors (Lipinski definition) is 1. The van der Waals surface area contributed by atoms with E-state index in [1.54, 1.807) is 12.1 Å². The quantitative estimate of drug-likeness (QED) is 0.921. The first-order valence-corrected chi connectivity index (χ1v) is 8.01. The largest absolute Gasteiger partial charge is 0.486 e. The van der Waals surface area contributed by atoms with Gasteiger partial charge >= 0.3 is 0 Å². The van der Waals surface area contributed by atoms with E-state index in [2.05, 4.69) is 5.32 Å². The van der Waals surface area contributed by atoms with Crippen LogP contribution in [0.3, 0.4) is 0 Å². The number of amides is 1. The second kappa shape index (κ2) is 6.92. The van der Waals surface area contributed by atoms with Gasteiger partial charge in [-0.15, -0.1) is 0 Å². The minimum atomic E-state index is -0.220. The van der Waals surface area contributed by atoms with Crippen LogP contribution >= 0.6 is 11.6 Å². The Bertz CT molecular complexity index is 703. The van der Waals surface area contributed by atoms with Crippen molar-refractivity contribution in [2.24, 2.45) is 0 Å². The molecule has 2 aromatic carbocycles. The lowest BCUT2D eigenvalue weighted by atomic mass is 10.0. The van der Waals surface area contributed by atoms with E-state index in [1.807, 2.05) is 37.3 Å². The minimum absolute atomic E-state index is 0.0621. The van der Waals surface area contributed by atoms with E-state index in [0.717, 1.165) is 12.0 Å². The molecule has 1 aliphatic rings. The Morgan fingerprint density at radius 2 is 1.83 bits per heavy atom. The molecule has 0 saturated heterocycles. The molecule has 1 amide bonds. The zero-order chi connectivity index (χ0) is 16.2. The molecule has 0 fully saturated rings. The van der Waals surface area contributed by atoms with Crippen LogP contribution < -0.4 is 14.8 Å². The zero-order valence-electron chi connectivity index (χ0n) is 12.8. The van der Waals surface area contributed by atoms with Crippen LogP contribution in [0.25, 0.3) is 0 Å². The minimum Gasteiger partial charge on any atom is -0.486 e. The van der Waals surface area contributed by atoms with Gasteiger partial charge in [0.15, 0.2) is 11.5 Å². The van der Waals surface area contributed by atoms with E-state index in [0.29, 0.717) is 35.3 Å². The molecule has 0 saturated carbocycles. The van der Waals surface area contributed by atoms with Crippen LogP contribution in [0.5, 0.6) is 11.5 Å². The van der Waals surface area contributed by atoms with Gasteiger partial charge in [-0.1, -0.05) is 48.9 Å². The molecule has 23 heavy (non-hydrogen) atoms. The molecule has 1 aliphatic heterocycles. The molecule has 0 radical (unpaired) electrons. The summed E-state index contributed by atoms with van der Waals surface area (Å²) in [4.78, 5) is 12.6. The lowest BCUT2D eigenvalue weighted by Gasteiger charge is -2.21. The van der Waals surface area contributed by atoms with Crippen LogP contribution in [-0.2, 0) is 0 Å². The van der Waals surface area contributed by atoms with Gasteiger partial charge in [0.2, 0.25) is 0 Å². The molecule has 2 aromatic rings. The number of carbonyl (C=O) groups is 1. The molecule has 1 atom stereocenters. The molecular weight excluding hydrogens is 314 g/mol. The fourth-order valence-corrected chi connectivity index (χ4v) is 2.82. The summed E-state index contributed by atoms with van der Waals surface area (Å²) >= 11 is 6.23. The third-order valence-corrected chi connectivity index (χ3v) is 4.10. The number of benzene rings is 2. The predicted octanol–water partition coefficient (Wildman–Crippen LogP) is 3.99. The highest BCUT2D eigenvalue weighted by atomic mass is 35.5. The highest BCUT2D eigenvalue weighted by Gasteiger charge is 2.21.